The minimum absolute atomic E-state index is 0.200. The van der Waals surface area contributed by atoms with Gasteiger partial charge in [0.1, 0.15) is 17.3 Å². The lowest BCUT2D eigenvalue weighted by Crippen LogP contribution is -2.27. The van der Waals surface area contributed by atoms with Crippen molar-refractivity contribution in [2.24, 2.45) is 0 Å². The summed E-state index contributed by atoms with van der Waals surface area (Å²) in [5.74, 6) is 2.75. The Morgan fingerprint density at radius 3 is 2.63 bits per heavy atom. The third-order valence-electron chi connectivity index (χ3n) is 5.72. The van der Waals surface area contributed by atoms with Gasteiger partial charge in [0.25, 0.3) is 0 Å². The topological polar surface area (TPSA) is 59.7 Å². The van der Waals surface area contributed by atoms with Crippen LogP contribution in [0.3, 0.4) is 0 Å². The highest BCUT2D eigenvalue weighted by Gasteiger charge is 2.32. The molecule has 0 amide bonds. The minimum atomic E-state index is 0.200. The molecule has 4 heterocycles. The molecule has 1 aliphatic heterocycles. The number of imidazole rings is 1. The van der Waals surface area contributed by atoms with Crippen LogP contribution in [-0.4, -0.2) is 31.0 Å². The Balaban J connectivity index is 1.60. The van der Waals surface area contributed by atoms with E-state index in [1.54, 1.807) is 6.20 Å². The second-order valence-electron chi connectivity index (χ2n) is 8.18. The van der Waals surface area contributed by atoms with E-state index in [1.807, 2.05) is 25.1 Å². The highest BCUT2D eigenvalue weighted by atomic mass is 15.3. The zero-order valence-electron chi connectivity index (χ0n) is 17.7. The number of rotatable bonds is 4. The lowest BCUT2D eigenvalue weighted by atomic mass is 10.2. The van der Waals surface area contributed by atoms with E-state index in [0.29, 0.717) is 11.9 Å². The van der Waals surface area contributed by atoms with E-state index in [9.17, 15) is 0 Å². The molecule has 1 saturated heterocycles. The van der Waals surface area contributed by atoms with E-state index < -0.39 is 0 Å². The molecular formula is C24H26N6. The quantitative estimate of drug-likeness (QED) is 0.477. The fraction of sp³-hybridized carbons (Fsp3) is 0.333. The Labute approximate surface area is 176 Å². The van der Waals surface area contributed by atoms with Gasteiger partial charge in [-0.25, -0.2) is 15.0 Å². The number of benzene rings is 1. The van der Waals surface area contributed by atoms with Gasteiger partial charge in [0.2, 0.25) is 0 Å². The number of aryl methyl sites for hydroxylation is 1. The van der Waals surface area contributed by atoms with Gasteiger partial charge in [-0.15, -0.1) is 0 Å². The lowest BCUT2D eigenvalue weighted by Gasteiger charge is -2.27. The molecule has 6 nitrogen and oxygen atoms in total. The molecule has 0 N–H and O–H groups in total. The highest BCUT2D eigenvalue weighted by molar-refractivity contribution is 5.76. The van der Waals surface area contributed by atoms with Gasteiger partial charge in [-0.05, 0) is 57.9 Å². The standard InChI is InChI=1S/C24H26N6/c1-16(2)30-20-11-5-4-9-18(20)27-24(30)21-12-8-14-29(21)22-15-17(3)26-23(28-22)19-10-6-7-13-25-19/h4-7,9-11,13,15-16,21H,8,12,14H2,1-3H3/t21-/m0/s1. The molecule has 6 heteroatoms. The van der Waals surface area contributed by atoms with Crippen molar-refractivity contribution in [1.82, 2.24) is 24.5 Å². The first-order valence-electron chi connectivity index (χ1n) is 10.6. The van der Waals surface area contributed by atoms with Gasteiger partial charge in [0.15, 0.2) is 5.82 Å². The molecule has 0 unspecified atom stereocenters. The van der Waals surface area contributed by atoms with Crippen LogP contribution in [0.25, 0.3) is 22.6 Å². The van der Waals surface area contributed by atoms with E-state index in [4.69, 9.17) is 9.97 Å². The van der Waals surface area contributed by atoms with Crippen molar-refractivity contribution in [2.75, 3.05) is 11.4 Å². The van der Waals surface area contributed by atoms with E-state index >= 15 is 0 Å². The van der Waals surface area contributed by atoms with Gasteiger partial charge < -0.3 is 9.47 Å². The Morgan fingerprint density at radius 2 is 1.83 bits per heavy atom. The van der Waals surface area contributed by atoms with E-state index in [1.165, 1.54) is 5.52 Å². The van der Waals surface area contributed by atoms with E-state index in [-0.39, 0.29) is 6.04 Å². The van der Waals surface area contributed by atoms with Gasteiger partial charge in [0.05, 0.1) is 17.1 Å². The average Bonchev–Trinajstić information content (AvgIpc) is 3.38. The predicted molar refractivity (Wildman–Crippen MR) is 119 cm³/mol. The third kappa shape index (κ3) is 3.22. The Kier molecular flexibility index (Phi) is 4.69. The van der Waals surface area contributed by atoms with Crippen LogP contribution in [0.1, 0.15) is 50.3 Å². The number of hydrogen-bond acceptors (Lipinski definition) is 5. The number of pyridine rings is 1. The molecule has 1 atom stereocenters. The van der Waals surface area contributed by atoms with E-state index in [2.05, 4.69) is 63.6 Å². The monoisotopic (exact) mass is 398 g/mol. The van der Waals surface area contributed by atoms with Crippen LogP contribution >= 0.6 is 0 Å². The zero-order chi connectivity index (χ0) is 20.7. The highest BCUT2D eigenvalue weighted by Crippen LogP contribution is 2.38. The zero-order valence-corrected chi connectivity index (χ0v) is 17.7. The second kappa shape index (κ2) is 7.52. The van der Waals surface area contributed by atoms with Crippen molar-refractivity contribution in [1.29, 1.82) is 0 Å². The minimum Gasteiger partial charge on any atom is -0.346 e. The Bertz CT molecular complexity index is 1180. The van der Waals surface area contributed by atoms with Crippen molar-refractivity contribution in [3.8, 4) is 11.5 Å². The third-order valence-corrected chi connectivity index (χ3v) is 5.72. The maximum Gasteiger partial charge on any atom is 0.180 e. The molecule has 5 rings (SSSR count). The summed E-state index contributed by atoms with van der Waals surface area (Å²) in [5.41, 5.74) is 4.00. The summed E-state index contributed by atoms with van der Waals surface area (Å²) < 4.78 is 2.38. The van der Waals surface area contributed by atoms with E-state index in [0.717, 1.165) is 47.9 Å². The van der Waals surface area contributed by atoms with Crippen LogP contribution in [0.15, 0.2) is 54.7 Å². The molecular weight excluding hydrogens is 372 g/mol. The van der Waals surface area contributed by atoms with Crippen molar-refractivity contribution >= 4 is 16.9 Å². The molecule has 0 bridgehead atoms. The summed E-state index contributed by atoms with van der Waals surface area (Å²) in [7, 11) is 0. The molecule has 0 radical (unpaired) electrons. The van der Waals surface area contributed by atoms with Crippen LogP contribution in [0.4, 0.5) is 5.82 Å². The lowest BCUT2D eigenvalue weighted by molar-refractivity contribution is 0.539. The van der Waals surface area contributed by atoms with Gasteiger partial charge in [-0.3, -0.25) is 4.98 Å². The molecule has 1 aromatic carbocycles. The summed E-state index contributed by atoms with van der Waals surface area (Å²) in [4.78, 5) is 21.4. The largest absolute Gasteiger partial charge is 0.346 e. The van der Waals surface area contributed by atoms with Crippen LogP contribution in [-0.2, 0) is 0 Å². The smallest absolute Gasteiger partial charge is 0.180 e. The number of anilines is 1. The summed E-state index contributed by atoms with van der Waals surface area (Å²) in [6.07, 6.45) is 3.97. The first-order chi connectivity index (χ1) is 14.6. The maximum atomic E-state index is 5.06. The SMILES string of the molecule is Cc1cc(N2CCC[C@H]2c2nc3ccccc3n2C(C)C)nc(-c2ccccn2)n1. The molecule has 0 spiro atoms. The molecule has 4 aromatic rings. The molecule has 1 aliphatic rings. The number of para-hydroxylation sites is 2. The van der Waals surface area contributed by atoms with Gasteiger partial charge >= 0.3 is 0 Å². The fourth-order valence-electron chi connectivity index (χ4n) is 4.46. The average molecular weight is 399 g/mol. The van der Waals surface area contributed by atoms with Crippen LogP contribution in [0.2, 0.25) is 0 Å². The summed E-state index contributed by atoms with van der Waals surface area (Å²) in [5, 5.41) is 0. The fourth-order valence-corrected chi connectivity index (χ4v) is 4.46. The van der Waals surface area contributed by atoms with Crippen LogP contribution in [0.5, 0.6) is 0 Å². The van der Waals surface area contributed by atoms with Crippen molar-refractivity contribution in [3.63, 3.8) is 0 Å². The van der Waals surface area contributed by atoms with Gasteiger partial charge in [0, 0.05) is 30.5 Å². The Morgan fingerprint density at radius 1 is 1.00 bits per heavy atom. The number of hydrogen-bond donors (Lipinski definition) is 0. The molecule has 30 heavy (non-hydrogen) atoms. The summed E-state index contributed by atoms with van der Waals surface area (Å²) in [6, 6.07) is 16.9. The van der Waals surface area contributed by atoms with Crippen molar-refractivity contribution in [3.05, 3.63) is 66.2 Å². The predicted octanol–water partition coefficient (Wildman–Crippen LogP) is 5.12. The van der Waals surface area contributed by atoms with Crippen molar-refractivity contribution in [2.45, 2.75) is 45.7 Å². The van der Waals surface area contributed by atoms with Gasteiger partial charge in [-0.2, -0.15) is 0 Å². The van der Waals surface area contributed by atoms with Gasteiger partial charge in [-0.1, -0.05) is 18.2 Å². The summed E-state index contributed by atoms with van der Waals surface area (Å²) in [6.45, 7) is 7.44. The normalized spacial score (nSPS) is 16.7. The maximum absolute atomic E-state index is 5.06. The number of aromatic nitrogens is 5. The summed E-state index contributed by atoms with van der Waals surface area (Å²) >= 11 is 0. The van der Waals surface area contributed by atoms with Crippen molar-refractivity contribution < 1.29 is 0 Å². The number of nitrogens with zero attached hydrogens (tertiary/aromatic N) is 6. The Hall–Kier alpha value is -3.28. The molecule has 152 valence electrons. The second-order valence-corrected chi connectivity index (χ2v) is 8.18. The molecule has 0 aliphatic carbocycles. The first kappa shape index (κ1) is 18.7. The molecule has 0 saturated carbocycles. The molecule has 3 aromatic heterocycles. The molecule has 1 fully saturated rings. The number of fused-ring (bicyclic) bond motifs is 1. The van der Waals surface area contributed by atoms with Crippen LogP contribution in [0, 0.1) is 6.92 Å². The first-order valence-corrected chi connectivity index (χ1v) is 10.6. The van der Waals surface area contributed by atoms with Crippen LogP contribution < -0.4 is 4.90 Å².